The zero-order valence-corrected chi connectivity index (χ0v) is 11.5. The van der Waals surface area contributed by atoms with Gasteiger partial charge in [0.05, 0.1) is 16.9 Å². The Morgan fingerprint density at radius 3 is 2.43 bits per heavy atom. The summed E-state index contributed by atoms with van der Waals surface area (Å²) in [4.78, 5) is 27.5. The Hall–Kier alpha value is -2.73. The first-order valence-corrected chi connectivity index (χ1v) is 6.30. The van der Waals surface area contributed by atoms with Crippen LogP contribution in [0.3, 0.4) is 0 Å². The van der Waals surface area contributed by atoms with Crippen molar-refractivity contribution in [2.75, 3.05) is 24.4 Å². The van der Waals surface area contributed by atoms with Crippen molar-refractivity contribution < 1.29 is 14.3 Å². The quantitative estimate of drug-likeness (QED) is 0.879. The van der Waals surface area contributed by atoms with Crippen LogP contribution in [0.5, 0.6) is 0 Å². The number of carbonyl (C=O) groups is 2. The molecule has 0 fully saturated rings. The molecule has 0 saturated heterocycles. The molecule has 0 bridgehead atoms. The second-order valence-electron chi connectivity index (χ2n) is 4.22. The number of carbonyl (C=O) groups excluding carboxylic acids is 2. The lowest BCUT2D eigenvalue weighted by Gasteiger charge is -2.12. The van der Waals surface area contributed by atoms with Crippen molar-refractivity contribution in [2.24, 2.45) is 0 Å². The Bertz CT molecular complexity index is 629. The number of pyridine rings is 1. The number of nitrogens with zero attached hydrogens (tertiary/aromatic N) is 1. The minimum Gasteiger partial charge on any atom is -0.375 e. The molecule has 21 heavy (non-hydrogen) atoms. The second kappa shape index (κ2) is 7.16. The van der Waals surface area contributed by atoms with E-state index in [4.69, 9.17) is 4.74 Å². The van der Waals surface area contributed by atoms with E-state index in [1.54, 1.807) is 42.6 Å². The molecular formula is C15H15N3O3. The van der Waals surface area contributed by atoms with E-state index in [9.17, 15) is 9.59 Å². The molecule has 2 N–H and O–H groups in total. The molecule has 0 spiro atoms. The standard InChI is InChI=1S/C15H15N3O3/c1-21-10-14(19)17-12-6-2-3-7-13(12)18-15(20)11-5-4-8-16-9-11/h2-9H,10H2,1H3,(H,17,19)(H,18,20). The van der Waals surface area contributed by atoms with Crippen LogP contribution in [0.25, 0.3) is 0 Å². The van der Waals surface area contributed by atoms with Crippen molar-refractivity contribution >= 4 is 23.2 Å². The number of benzene rings is 1. The highest BCUT2D eigenvalue weighted by Gasteiger charge is 2.10. The summed E-state index contributed by atoms with van der Waals surface area (Å²) in [5.74, 6) is -0.586. The lowest BCUT2D eigenvalue weighted by Crippen LogP contribution is -2.19. The molecule has 0 aliphatic rings. The number of hydrogen-bond donors (Lipinski definition) is 2. The lowest BCUT2D eigenvalue weighted by atomic mass is 10.2. The summed E-state index contributed by atoms with van der Waals surface area (Å²) < 4.78 is 4.76. The maximum atomic E-state index is 12.1. The summed E-state index contributed by atoms with van der Waals surface area (Å²) in [5, 5.41) is 5.41. The average Bonchev–Trinajstić information content (AvgIpc) is 2.50. The van der Waals surface area contributed by atoms with Gasteiger partial charge in [-0.2, -0.15) is 0 Å². The molecule has 0 radical (unpaired) electrons. The van der Waals surface area contributed by atoms with Crippen LogP contribution in [-0.4, -0.2) is 30.5 Å². The number of hydrogen-bond acceptors (Lipinski definition) is 4. The maximum absolute atomic E-state index is 12.1. The van der Waals surface area contributed by atoms with Crippen molar-refractivity contribution in [1.82, 2.24) is 4.98 Å². The van der Waals surface area contributed by atoms with Crippen molar-refractivity contribution in [3.8, 4) is 0 Å². The molecule has 6 heteroatoms. The minimum atomic E-state index is -0.295. The van der Waals surface area contributed by atoms with Crippen LogP contribution in [-0.2, 0) is 9.53 Å². The first kappa shape index (κ1) is 14.7. The van der Waals surface area contributed by atoms with Gasteiger partial charge in [0.1, 0.15) is 6.61 Å². The van der Waals surface area contributed by atoms with Crippen LogP contribution in [0.2, 0.25) is 0 Å². The first-order valence-electron chi connectivity index (χ1n) is 6.30. The van der Waals surface area contributed by atoms with Crippen molar-refractivity contribution in [1.29, 1.82) is 0 Å². The Balaban J connectivity index is 2.13. The van der Waals surface area contributed by atoms with Gasteiger partial charge in [-0.15, -0.1) is 0 Å². The van der Waals surface area contributed by atoms with Gasteiger partial charge in [-0.1, -0.05) is 12.1 Å². The van der Waals surface area contributed by atoms with Gasteiger partial charge < -0.3 is 15.4 Å². The van der Waals surface area contributed by atoms with Gasteiger partial charge in [0.2, 0.25) is 5.91 Å². The zero-order chi connectivity index (χ0) is 15.1. The molecule has 6 nitrogen and oxygen atoms in total. The molecule has 0 aliphatic carbocycles. The third-order valence-corrected chi connectivity index (χ3v) is 2.65. The van der Waals surface area contributed by atoms with Gasteiger partial charge in [-0.25, -0.2) is 0 Å². The van der Waals surface area contributed by atoms with Crippen LogP contribution in [0, 0.1) is 0 Å². The molecule has 0 unspecified atom stereocenters. The predicted octanol–water partition coefficient (Wildman–Crippen LogP) is 1.92. The SMILES string of the molecule is COCC(=O)Nc1ccccc1NC(=O)c1cccnc1. The van der Waals surface area contributed by atoms with E-state index in [1.165, 1.54) is 13.3 Å². The van der Waals surface area contributed by atoms with Crippen molar-refractivity contribution in [2.45, 2.75) is 0 Å². The van der Waals surface area contributed by atoms with Gasteiger partial charge >= 0.3 is 0 Å². The summed E-state index contributed by atoms with van der Waals surface area (Å²) in [7, 11) is 1.44. The molecule has 1 aromatic heterocycles. The van der Waals surface area contributed by atoms with E-state index < -0.39 is 0 Å². The molecule has 2 amide bonds. The fourth-order valence-corrected chi connectivity index (χ4v) is 1.71. The highest BCUT2D eigenvalue weighted by atomic mass is 16.5. The minimum absolute atomic E-state index is 0.0507. The fraction of sp³-hybridized carbons (Fsp3) is 0.133. The summed E-state index contributed by atoms with van der Waals surface area (Å²) in [6.07, 6.45) is 3.07. The predicted molar refractivity (Wildman–Crippen MR) is 79.1 cm³/mol. The van der Waals surface area contributed by atoms with Gasteiger partial charge in [0.25, 0.3) is 5.91 Å². The summed E-state index contributed by atoms with van der Waals surface area (Å²) >= 11 is 0. The van der Waals surface area contributed by atoms with E-state index in [-0.39, 0.29) is 18.4 Å². The molecule has 0 aliphatic heterocycles. The number of nitrogens with one attached hydrogen (secondary N) is 2. The Morgan fingerprint density at radius 2 is 1.81 bits per heavy atom. The average molecular weight is 285 g/mol. The Kier molecular flexibility index (Phi) is 5.00. The number of amides is 2. The van der Waals surface area contributed by atoms with Crippen molar-refractivity contribution in [3.63, 3.8) is 0 Å². The topological polar surface area (TPSA) is 80.3 Å². The van der Waals surface area contributed by atoms with Crippen LogP contribution < -0.4 is 10.6 Å². The molecule has 0 saturated carbocycles. The third-order valence-electron chi connectivity index (χ3n) is 2.65. The Labute approximate surface area is 122 Å². The monoisotopic (exact) mass is 285 g/mol. The van der Waals surface area contributed by atoms with E-state index in [0.29, 0.717) is 16.9 Å². The van der Waals surface area contributed by atoms with E-state index in [1.807, 2.05) is 0 Å². The zero-order valence-electron chi connectivity index (χ0n) is 11.5. The van der Waals surface area contributed by atoms with Gasteiger partial charge in [0.15, 0.2) is 0 Å². The van der Waals surface area contributed by atoms with E-state index in [0.717, 1.165) is 0 Å². The summed E-state index contributed by atoms with van der Waals surface area (Å²) in [6, 6.07) is 10.3. The molecule has 2 rings (SSSR count). The Morgan fingerprint density at radius 1 is 1.10 bits per heavy atom. The number of rotatable bonds is 5. The van der Waals surface area contributed by atoms with Crippen molar-refractivity contribution in [3.05, 3.63) is 54.4 Å². The molecule has 108 valence electrons. The second-order valence-corrected chi connectivity index (χ2v) is 4.22. The van der Waals surface area contributed by atoms with Crippen LogP contribution >= 0.6 is 0 Å². The highest BCUT2D eigenvalue weighted by molar-refractivity contribution is 6.07. The molecule has 2 aromatic rings. The van der Waals surface area contributed by atoms with Crippen LogP contribution in [0.15, 0.2) is 48.8 Å². The lowest BCUT2D eigenvalue weighted by molar-refractivity contribution is -0.119. The smallest absolute Gasteiger partial charge is 0.257 e. The van der Waals surface area contributed by atoms with Crippen LogP contribution in [0.4, 0.5) is 11.4 Å². The number of aromatic nitrogens is 1. The van der Waals surface area contributed by atoms with E-state index in [2.05, 4.69) is 15.6 Å². The van der Waals surface area contributed by atoms with Gasteiger partial charge in [-0.05, 0) is 24.3 Å². The number of ether oxygens (including phenoxy) is 1. The molecule has 1 aromatic carbocycles. The fourth-order valence-electron chi connectivity index (χ4n) is 1.71. The first-order chi connectivity index (χ1) is 10.2. The van der Waals surface area contributed by atoms with Gasteiger partial charge in [-0.3, -0.25) is 14.6 Å². The number of anilines is 2. The van der Waals surface area contributed by atoms with Crippen LogP contribution in [0.1, 0.15) is 10.4 Å². The summed E-state index contributed by atoms with van der Waals surface area (Å²) in [5.41, 5.74) is 1.46. The molecular weight excluding hydrogens is 270 g/mol. The largest absolute Gasteiger partial charge is 0.375 e. The third kappa shape index (κ3) is 4.12. The highest BCUT2D eigenvalue weighted by Crippen LogP contribution is 2.21. The number of methoxy groups -OCH3 is 1. The summed E-state index contributed by atoms with van der Waals surface area (Å²) in [6.45, 7) is -0.0507. The van der Waals surface area contributed by atoms with E-state index >= 15 is 0 Å². The van der Waals surface area contributed by atoms with Gasteiger partial charge in [0, 0.05) is 19.5 Å². The molecule has 1 heterocycles. The molecule has 0 atom stereocenters. The number of para-hydroxylation sites is 2. The maximum Gasteiger partial charge on any atom is 0.257 e. The normalized spacial score (nSPS) is 9.95.